The monoisotopic (exact) mass is 1020 g/mol. The molecule has 6 unspecified atom stereocenters. The van der Waals surface area contributed by atoms with Crippen LogP contribution >= 0.6 is 0 Å². The second-order valence-electron chi connectivity index (χ2n) is 19.0. The lowest BCUT2D eigenvalue weighted by Crippen LogP contribution is -2.50. The summed E-state index contributed by atoms with van der Waals surface area (Å²) in [4.78, 5) is 98.1. The molecule has 406 valence electrons. The van der Waals surface area contributed by atoms with Gasteiger partial charge in [0.25, 0.3) is 11.4 Å². The van der Waals surface area contributed by atoms with Crippen molar-refractivity contribution in [3.8, 4) is 0 Å². The average Bonchev–Trinajstić information content (AvgIpc) is 3.38. The van der Waals surface area contributed by atoms with Crippen molar-refractivity contribution in [2.24, 2.45) is 0 Å². The standard InChI is InChI=1S/C26H43N5O4.C23H37N5O4.2CO2/c1-3-12-27-13-4-14-29-20-19-28(18-17-27)15-5-16-30(22-21-29)25(26(32)35-2)11-8-23-6-9-24(10-7-23)31(33)34;1-24-10-2-11-26-17-16-25(15-14-24)12-3-13-27(19-18-26)22(23(29)30)9-6-20-4-7-21(8-5-20)28(31)32;2*2-1-3/h6-7,9-10,25H,3-5,8,11-22H2,1-2H3;4-5,7-8,22H,2-3,6,9-19H2,1H3,(H,29,30);;. The molecule has 4 aliphatic rings. The maximum atomic E-state index is 12.8. The molecule has 6 atom stereocenters. The molecular weight excluding hydrogens is 945 g/mol. The van der Waals surface area contributed by atoms with E-state index in [4.69, 9.17) is 23.9 Å². The Bertz CT molecular complexity index is 1980. The largest absolute Gasteiger partial charge is 0.480 e. The molecule has 4 aliphatic heterocycles. The van der Waals surface area contributed by atoms with Crippen molar-refractivity contribution in [1.29, 1.82) is 0 Å². The van der Waals surface area contributed by atoms with Gasteiger partial charge in [-0.05, 0) is 122 Å². The first kappa shape index (κ1) is 61.9. The van der Waals surface area contributed by atoms with Gasteiger partial charge in [0.15, 0.2) is 0 Å². The number of ether oxygens (including phenoxy) is 1. The molecule has 0 aliphatic carbocycles. The van der Waals surface area contributed by atoms with Crippen molar-refractivity contribution in [3.63, 3.8) is 0 Å². The van der Waals surface area contributed by atoms with E-state index in [2.05, 4.69) is 53.2 Å². The Morgan fingerprint density at radius 1 is 0.562 bits per heavy atom. The Hall–Kier alpha value is -5.38. The summed E-state index contributed by atoms with van der Waals surface area (Å²) in [7, 11) is 3.66. The predicted molar refractivity (Wildman–Crippen MR) is 272 cm³/mol. The number of benzene rings is 2. The normalized spacial score (nSPS) is 22.7. The quantitative estimate of drug-likeness (QED) is 0.162. The van der Waals surface area contributed by atoms with Crippen LogP contribution in [0.25, 0.3) is 0 Å². The third-order valence-corrected chi connectivity index (χ3v) is 14.1. The van der Waals surface area contributed by atoms with E-state index in [0.717, 1.165) is 161 Å². The van der Waals surface area contributed by atoms with Gasteiger partial charge >= 0.3 is 24.2 Å². The summed E-state index contributed by atoms with van der Waals surface area (Å²) in [5.74, 6) is -0.973. The molecule has 22 heteroatoms. The number of nitrogens with zero attached hydrogens (tertiary/aromatic N) is 10. The van der Waals surface area contributed by atoms with Crippen molar-refractivity contribution >= 4 is 35.6 Å². The summed E-state index contributed by atoms with van der Waals surface area (Å²) in [5.41, 5.74) is 2.08. The first-order valence-corrected chi connectivity index (χ1v) is 25.8. The number of carboxylic acids is 1. The van der Waals surface area contributed by atoms with Crippen molar-refractivity contribution in [2.45, 2.75) is 76.8 Å². The zero-order valence-electron chi connectivity index (χ0n) is 43.4. The highest BCUT2D eigenvalue weighted by atomic mass is 16.6. The maximum absolute atomic E-state index is 12.8. The number of fused-ring (bicyclic) bond motifs is 6. The summed E-state index contributed by atoms with van der Waals surface area (Å²) in [6.45, 7) is 23.6. The second kappa shape index (κ2) is 35.7. The highest BCUT2D eigenvalue weighted by molar-refractivity contribution is 5.75. The maximum Gasteiger partial charge on any atom is 0.373 e. The molecule has 0 radical (unpaired) electrons. The number of methoxy groups -OCH3 is 1. The van der Waals surface area contributed by atoms with E-state index in [1.807, 2.05) is 0 Å². The minimum Gasteiger partial charge on any atom is -0.480 e. The molecule has 73 heavy (non-hydrogen) atoms. The van der Waals surface area contributed by atoms with Crippen LogP contribution in [0.4, 0.5) is 11.4 Å². The number of carbonyl (C=O) groups excluding carboxylic acids is 5. The van der Waals surface area contributed by atoms with Crippen molar-refractivity contribution < 1.29 is 48.5 Å². The molecule has 6 rings (SSSR count). The molecule has 2 aromatic carbocycles. The zero-order valence-corrected chi connectivity index (χ0v) is 43.4. The van der Waals surface area contributed by atoms with E-state index >= 15 is 0 Å². The van der Waals surface area contributed by atoms with Gasteiger partial charge < -0.3 is 39.2 Å². The minimum absolute atomic E-state index is 0.0589. The van der Waals surface area contributed by atoms with Crippen LogP contribution in [0.15, 0.2) is 48.5 Å². The SMILES string of the molecule is CCCN1CCCN2CCN(CCCN(C(CCc3ccc([N+](=O)[O-])cc3)C(=O)OC)CC2)CC1.CN1CCCN2CCN(CCCN(C(CCc3ccc([N+](=O)[O-])cc3)C(=O)O)CC2)CC1.O=C=O.O=C=O. The molecule has 4 heterocycles. The van der Waals surface area contributed by atoms with Crippen molar-refractivity contribution in [1.82, 2.24) is 39.2 Å². The third-order valence-electron chi connectivity index (χ3n) is 14.1. The molecule has 4 bridgehead atoms. The van der Waals surface area contributed by atoms with E-state index in [1.165, 1.54) is 50.8 Å². The molecule has 0 amide bonds. The van der Waals surface area contributed by atoms with Gasteiger partial charge in [-0.2, -0.15) is 19.2 Å². The van der Waals surface area contributed by atoms with Gasteiger partial charge in [-0.15, -0.1) is 0 Å². The van der Waals surface area contributed by atoms with Crippen LogP contribution in [0.2, 0.25) is 0 Å². The number of rotatable bonds is 14. The second-order valence-corrected chi connectivity index (χ2v) is 19.0. The molecule has 0 saturated carbocycles. The van der Waals surface area contributed by atoms with Crippen LogP contribution in [0.1, 0.15) is 63.0 Å². The lowest BCUT2D eigenvalue weighted by Gasteiger charge is -2.37. The van der Waals surface area contributed by atoms with Crippen LogP contribution in [0.3, 0.4) is 0 Å². The number of nitro benzene ring substituents is 2. The van der Waals surface area contributed by atoms with E-state index in [1.54, 1.807) is 24.3 Å². The van der Waals surface area contributed by atoms with E-state index in [9.17, 15) is 34.9 Å². The summed E-state index contributed by atoms with van der Waals surface area (Å²) in [6, 6.07) is 12.2. The number of carbonyl (C=O) groups is 2. The fraction of sp³-hybridized carbons (Fsp3) is 0.686. The number of esters is 1. The molecule has 1 N–H and O–H groups in total. The molecule has 0 aromatic heterocycles. The lowest BCUT2D eigenvalue weighted by atomic mass is 10.0. The van der Waals surface area contributed by atoms with E-state index in [-0.39, 0.29) is 40.6 Å². The van der Waals surface area contributed by atoms with Gasteiger partial charge in [-0.25, -0.2) is 0 Å². The fourth-order valence-corrected chi connectivity index (χ4v) is 9.95. The smallest absolute Gasteiger partial charge is 0.373 e. The molecule has 4 saturated heterocycles. The Labute approximate surface area is 430 Å². The number of hydrogen-bond donors (Lipinski definition) is 1. The lowest BCUT2D eigenvalue weighted by molar-refractivity contribution is -0.385. The Kier molecular flexibility index (Phi) is 30.3. The number of nitro groups is 2. The molecule has 0 spiro atoms. The van der Waals surface area contributed by atoms with E-state index < -0.39 is 16.9 Å². The number of hydrogen-bond acceptors (Lipinski definition) is 19. The van der Waals surface area contributed by atoms with Crippen LogP contribution in [0, 0.1) is 20.2 Å². The number of likely N-dealkylation sites (N-methyl/N-ethyl adjacent to an activating group) is 1. The molecule has 2 aromatic rings. The summed E-state index contributed by atoms with van der Waals surface area (Å²) in [6.07, 6.45) is 8.42. The minimum atomic E-state index is -0.782. The predicted octanol–water partition coefficient (Wildman–Crippen LogP) is 2.95. The summed E-state index contributed by atoms with van der Waals surface area (Å²) in [5, 5.41) is 31.8. The third kappa shape index (κ3) is 24.0. The van der Waals surface area contributed by atoms with Crippen LogP contribution < -0.4 is 0 Å². The number of aliphatic carboxylic acids is 1. The first-order valence-electron chi connectivity index (χ1n) is 25.8. The van der Waals surface area contributed by atoms with Crippen LogP contribution in [0.5, 0.6) is 0 Å². The Morgan fingerprint density at radius 2 is 0.932 bits per heavy atom. The number of carboxylic acid groups (broad SMARTS) is 1. The van der Waals surface area contributed by atoms with Crippen LogP contribution in [-0.4, -0.2) is 242 Å². The Balaban J connectivity index is 0.000000349. The number of aryl methyl sites for hydroxylation is 2. The highest BCUT2D eigenvalue weighted by Crippen LogP contribution is 2.19. The van der Waals surface area contributed by atoms with Crippen LogP contribution in [-0.2, 0) is 46.3 Å². The van der Waals surface area contributed by atoms with Crippen molar-refractivity contribution in [2.75, 3.05) is 152 Å². The zero-order chi connectivity index (χ0) is 53.4. The van der Waals surface area contributed by atoms with Gasteiger partial charge in [0.1, 0.15) is 12.1 Å². The molecule has 22 nitrogen and oxygen atoms in total. The Morgan fingerprint density at radius 3 is 1.34 bits per heavy atom. The molecule has 4 fully saturated rings. The topological polar surface area (TPSA) is 244 Å². The van der Waals surface area contributed by atoms with Gasteiger partial charge in [0, 0.05) is 116 Å². The van der Waals surface area contributed by atoms with E-state index in [0.29, 0.717) is 25.7 Å². The van der Waals surface area contributed by atoms with Gasteiger partial charge in [0.05, 0.1) is 17.0 Å². The van der Waals surface area contributed by atoms with Gasteiger partial charge in [0.2, 0.25) is 0 Å². The summed E-state index contributed by atoms with van der Waals surface area (Å²) < 4.78 is 5.21. The number of non-ortho nitro benzene ring substituents is 2. The highest BCUT2D eigenvalue weighted by Gasteiger charge is 2.29. The van der Waals surface area contributed by atoms with Gasteiger partial charge in [-0.1, -0.05) is 31.2 Å². The van der Waals surface area contributed by atoms with Gasteiger partial charge in [-0.3, -0.25) is 39.6 Å². The summed E-state index contributed by atoms with van der Waals surface area (Å²) >= 11 is 0. The average molecular weight is 1030 g/mol. The van der Waals surface area contributed by atoms with Crippen molar-refractivity contribution in [3.05, 3.63) is 79.9 Å². The first-order chi connectivity index (χ1) is 35.2. The fourth-order valence-electron chi connectivity index (χ4n) is 9.95. The molecular formula is C51H80N10O12.